The maximum Gasteiger partial charge on any atom is 1.00 e. The van der Waals surface area contributed by atoms with Gasteiger partial charge in [0.05, 0.1) is 6.61 Å². The molecular formula is C24H46NNaO9S. The molecule has 0 saturated heterocycles. The van der Waals surface area contributed by atoms with Crippen molar-refractivity contribution in [2.45, 2.75) is 121 Å². The van der Waals surface area contributed by atoms with Gasteiger partial charge in [-0.05, 0) is 32.1 Å². The van der Waals surface area contributed by atoms with Crippen LogP contribution in [0.3, 0.4) is 0 Å². The molecule has 0 aromatic heterocycles. The normalized spacial score (nSPS) is 15.3. The van der Waals surface area contributed by atoms with Gasteiger partial charge < -0.3 is 30.3 Å². The van der Waals surface area contributed by atoms with Gasteiger partial charge in [0.25, 0.3) is 5.91 Å². The summed E-state index contributed by atoms with van der Waals surface area (Å²) >= 11 is 0. The molecule has 208 valence electrons. The van der Waals surface area contributed by atoms with Crippen LogP contribution in [0.25, 0.3) is 0 Å². The number of hydrogen-bond donors (Lipinski definition) is 5. The van der Waals surface area contributed by atoms with Crippen LogP contribution in [0.4, 0.5) is 0 Å². The van der Waals surface area contributed by atoms with Gasteiger partial charge in [-0.3, -0.25) is 8.98 Å². The SMILES string of the molecule is CCCCCCCC/C=C\CCCCCCCCNC(=O)[C@H](O)[C@@H](O)[C@H](O)[C@H](O)COS(=O)(=O)[O-].[Na+]. The summed E-state index contributed by atoms with van der Waals surface area (Å²) in [6, 6.07) is 0. The van der Waals surface area contributed by atoms with Crippen LogP contribution in [-0.2, 0) is 19.4 Å². The fraction of sp³-hybridized carbons (Fsp3) is 0.875. The van der Waals surface area contributed by atoms with E-state index in [1.165, 1.54) is 44.9 Å². The number of allylic oxidation sites excluding steroid dienone is 2. The molecule has 0 aliphatic heterocycles. The van der Waals surface area contributed by atoms with Gasteiger partial charge in [-0.25, -0.2) is 8.42 Å². The number of nitrogens with one attached hydrogen (secondary N) is 1. The molecule has 0 aliphatic carbocycles. The molecule has 5 N–H and O–H groups in total. The Labute approximate surface area is 239 Å². The predicted molar refractivity (Wildman–Crippen MR) is 132 cm³/mol. The first-order valence-electron chi connectivity index (χ1n) is 12.8. The number of carbonyl (C=O) groups is 1. The van der Waals surface area contributed by atoms with Crippen LogP contribution in [0.1, 0.15) is 96.8 Å². The molecule has 36 heavy (non-hydrogen) atoms. The fourth-order valence-electron chi connectivity index (χ4n) is 3.51. The summed E-state index contributed by atoms with van der Waals surface area (Å²) in [5.74, 6) is -0.936. The summed E-state index contributed by atoms with van der Waals surface area (Å²) in [5.41, 5.74) is 0. The zero-order valence-electron chi connectivity index (χ0n) is 22.0. The van der Waals surface area contributed by atoms with E-state index in [4.69, 9.17) is 0 Å². The minimum atomic E-state index is -5.10. The van der Waals surface area contributed by atoms with E-state index in [1.807, 2.05) is 0 Å². The van der Waals surface area contributed by atoms with Gasteiger partial charge in [-0.1, -0.05) is 76.9 Å². The first kappa shape index (κ1) is 38.1. The van der Waals surface area contributed by atoms with E-state index in [0.29, 0.717) is 6.42 Å². The summed E-state index contributed by atoms with van der Waals surface area (Å²) in [7, 11) is -5.10. The number of amides is 1. The summed E-state index contributed by atoms with van der Waals surface area (Å²) < 4.78 is 34.8. The molecule has 0 fully saturated rings. The van der Waals surface area contributed by atoms with Crippen molar-refractivity contribution in [3.8, 4) is 0 Å². The fourth-order valence-corrected chi connectivity index (χ4v) is 3.82. The molecule has 0 heterocycles. The Bertz CT molecular complexity index is 664. The van der Waals surface area contributed by atoms with Gasteiger partial charge >= 0.3 is 29.6 Å². The summed E-state index contributed by atoms with van der Waals surface area (Å²) in [5, 5.41) is 41.3. The second-order valence-electron chi connectivity index (χ2n) is 8.92. The van der Waals surface area contributed by atoms with Gasteiger partial charge in [0, 0.05) is 6.54 Å². The average molecular weight is 548 g/mol. The van der Waals surface area contributed by atoms with Crippen LogP contribution in [0.15, 0.2) is 12.2 Å². The molecule has 0 radical (unpaired) electrons. The molecule has 1 amide bonds. The Morgan fingerprint density at radius 2 is 1.31 bits per heavy atom. The van der Waals surface area contributed by atoms with Crippen LogP contribution in [-0.4, -0.2) is 76.9 Å². The monoisotopic (exact) mass is 547 g/mol. The second-order valence-corrected chi connectivity index (χ2v) is 9.97. The van der Waals surface area contributed by atoms with E-state index in [2.05, 4.69) is 28.6 Å². The Balaban J connectivity index is 0. The van der Waals surface area contributed by atoms with Crippen LogP contribution in [0, 0.1) is 0 Å². The van der Waals surface area contributed by atoms with Crippen molar-refractivity contribution < 1.29 is 71.9 Å². The quantitative estimate of drug-likeness (QED) is 0.0355. The summed E-state index contributed by atoms with van der Waals surface area (Å²) in [6.45, 7) is 1.39. The van der Waals surface area contributed by atoms with E-state index < -0.39 is 47.3 Å². The molecule has 10 nitrogen and oxygen atoms in total. The second kappa shape index (κ2) is 24.0. The van der Waals surface area contributed by atoms with Crippen LogP contribution in [0.5, 0.6) is 0 Å². The van der Waals surface area contributed by atoms with Gasteiger partial charge in [0.1, 0.15) is 18.3 Å². The predicted octanol–water partition coefficient (Wildman–Crippen LogP) is -0.935. The third-order valence-corrected chi connectivity index (χ3v) is 6.13. The van der Waals surface area contributed by atoms with Crippen molar-refractivity contribution in [3.05, 3.63) is 12.2 Å². The van der Waals surface area contributed by atoms with E-state index in [-0.39, 0.29) is 36.1 Å². The maximum absolute atomic E-state index is 11.9. The van der Waals surface area contributed by atoms with Crippen molar-refractivity contribution >= 4 is 16.3 Å². The molecule has 0 spiro atoms. The molecule has 12 heteroatoms. The summed E-state index contributed by atoms with van der Waals surface area (Å²) in [4.78, 5) is 11.9. The number of hydrogen-bond acceptors (Lipinski definition) is 9. The third-order valence-electron chi connectivity index (χ3n) is 5.71. The molecule has 0 aliphatic rings. The van der Waals surface area contributed by atoms with Crippen LogP contribution < -0.4 is 34.9 Å². The van der Waals surface area contributed by atoms with Gasteiger partial charge in [-0.2, -0.15) is 0 Å². The van der Waals surface area contributed by atoms with Crippen LogP contribution in [0.2, 0.25) is 0 Å². The van der Waals surface area contributed by atoms with Crippen LogP contribution >= 0.6 is 0 Å². The number of rotatable bonds is 23. The topological polar surface area (TPSA) is 176 Å². The minimum absolute atomic E-state index is 0. The summed E-state index contributed by atoms with van der Waals surface area (Å²) in [6.07, 6.45) is 12.6. The first-order chi connectivity index (χ1) is 16.6. The maximum atomic E-state index is 11.9. The molecule has 4 atom stereocenters. The van der Waals surface area contributed by atoms with Crippen molar-refractivity contribution in [1.29, 1.82) is 0 Å². The smallest absolute Gasteiger partial charge is 0.726 e. The van der Waals surface area contributed by atoms with Crippen molar-refractivity contribution in [2.75, 3.05) is 13.2 Å². The molecule has 0 saturated carbocycles. The van der Waals surface area contributed by atoms with Gasteiger partial charge in [0.15, 0.2) is 6.10 Å². The first-order valence-corrected chi connectivity index (χ1v) is 14.2. The van der Waals surface area contributed by atoms with E-state index in [9.17, 15) is 38.2 Å². The van der Waals surface area contributed by atoms with E-state index >= 15 is 0 Å². The van der Waals surface area contributed by atoms with Crippen molar-refractivity contribution in [3.63, 3.8) is 0 Å². The Morgan fingerprint density at radius 1 is 0.833 bits per heavy atom. The largest absolute Gasteiger partial charge is 1.00 e. The molecule has 0 unspecified atom stereocenters. The Hall–Kier alpha value is -0.0800. The van der Waals surface area contributed by atoms with E-state index in [0.717, 1.165) is 38.5 Å². The number of carbonyl (C=O) groups excluding carboxylic acids is 1. The molecule has 0 aromatic rings. The minimum Gasteiger partial charge on any atom is -0.726 e. The third kappa shape index (κ3) is 22.0. The zero-order valence-corrected chi connectivity index (χ0v) is 24.8. The standard InChI is InChI=1S/C24H47NO9S.Na/c1-2-3-4-5-6-7-8-9-10-11-12-13-14-15-16-17-18-25-24(30)23(29)22(28)21(27)20(26)19-34-35(31,32)33;/h9-10,20-23,26-29H,2-8,11-19H2,1H3,(H,25,30)(H,31,32,33);/q;+1/p-1/b10-9-;/t20-,21-,22+,23-;/m1./s1. The van der Waals surface area contributed by atoms with Gasteiger partial charge in [0.2, 0.25) is 10.4 Å². The van der Waals surface area contributed by atoms with Crippen molar-refractivity contribution in [1.82, 2.24) is 5.32 Å². The number of aliphatic hydroxyl groups is 4. The Kier molecular flexibility index (Phi) is 25.4. The Morgan fingerprint density at radius 3 is 1.81 bits per heavy atom. The van der Waals surface area contributed by atoms with E-state index in [1.54, 1.807) is 0 Å². The molecule has 0 aromatic carbocycles. The van der Waals surface area contributed by atoms with Crippen molar-refractivity contribution in [2.24, 2.45) is 0 Å². The average Bonchev–Trinajstić information content (AvgIpc) is 2.82. The van der Waals surface area contributed by atoms with Gasteiger partial charge in [-0.15, -0.1) is 0 Å². The molecule has 0 rings (SSSR count). The molecule has 0 bridgehead atoms. The number of unbranched alkanes of at least 4 members (excludes halogenated alkanes) is 12. The zero-order chi connectivity index (χ0) is 26.5. The molecular weight excluding hydrogens is 501 g/mol. The number of aliphatic hydroxyl groups excluding tert-OH is 4.